The lowest BCUT2D eigenvalue weighted by molar-refractivity contribution is 0.378. The first kappa shape index (κ1) is 16.0. The number of thiophene rings is 1. The number of nitrogens with zero attached hydrogens (tertiary/aromatic N) is 6. The van der Waals surface area contributed by atoms with Crippen molar-refractivity contribution in [2.45, 2.75) is 24.5 Å². The standard InChI is InChI=1S/C15H14N6O2S2/c1-4-11(22-7-1)10-21-15(17-19-20-21)25-9-3-6-13-16-14(18-23-13)12-5-2-8-24-12/h1-2,4-5,7-8H,3,6,9-10H2. The first-order chi connectivity index (χ1) is 12.4. The number of hydrogen-bond acceptors (Lipinski definition) is 9. The van der Waals surface area contributed by atoms with Crippen molar-refractivity contribution in [2.75, 3.05) is 5.75 Å². The molecule has 0 unspecified atom stereocenters. The molecule has 0 amide bonds. The summed E-state index contributed by atoms with van der Waals surface area (Å²) in [6.45, 7) is 0.524. The average Bonchev–Trinajstić information content (AvgIpc) is 3.39. The molecule has 0 N–H and O–H groups in total. The molecule has 0 bridgehead atoms. The maximum atomic E-state index is 5.33. The van der Waals surface area contributed by atoms with Gasteiger partial charge in [-0.05, 0) is 40.4 Å². The highest BCUT2D eigenvalue weighted by Gasteiger charge is 2.11. The number of hydrogen-bond donors (Lipinski definition) is 0. The molecule has 0 radical (unpaired) electrons. The van der Waals surface area contributed by atoms with E-state index in [1.54, 1.807) is 34.0 Å². The van der Waals surface area contributed by atoms with Gasteiger partial charge in [-0.1, -0.05) is 23.0 Å². The van der Waals surface area contributed by atoms with Crippen molar-refractivity contribution in [3.8, 4) is 10.7 Å². The topological polar surface area (TPSA) is 95.7 Å². The van der Waals surface area contributed by atoms with E-state index in [0.717, 1.165) is 34.4 Å². The fourth-order valence-electron chi connectivity index (χ4n) is 2.20. The lowest BCUT2D eigenvalue weighted by Gasteiger charge is -2.01. The van der Waals surface area contributed by atoms with E-state index in [2.05, 4.69) is 25.7 Å². The number of furan rings is 1. The van der Waals surface area contributed by atoms with Gasteiger partial charge in [0.1, 0.15) is 12.3 Å². The van der Waals surface area contributed by atoms with Crippen molar-refractivity contribution in [1.29, 1.82) is 0 Å². The summed E-state index contributed by atoms with van der Waals surface area (Å²) in [4.78, 5) is 5.44. The van der Waals surface area contributed by atoms with Gasteiger partial charge in [0.15, 0.2) is 0 Å². The fourth-order valence-corrected chi connectivity index (χ4v) is 3.66. The van der Waals surface area contributed by atoms with Crippen molar-refractivity contribution in [3.63, 3.8) is 0 Å². The van der Waals surface area contributed by atoms with Gasteiger partial charge < -0.3 is 8.94 Å². The first-order valence-electron chi connectivity index (χ1n) is 7.66. The van der Waals surface area contributed by atoms with Crippen LogP contribution < -0.4 is 0 Å². The second-order valence-electron chi connectivity index (χ2n) is 5.14. The van der Waals surface area contributed by atoms with Crippen molar-refractivity contribution in [2.24, 2.45) is 0 Å². The molecule has 0 saturated heterocycles. The molecule has 0 saturated carbocycles. The van der Waals surface area contributed by atoms with Crippen LogP contribution in [0.4, 0.5) is 0 Å². The summed E-state index contributed by atoms with van der Waals surface area (Å²) in [6.07, 6.45) is 3.26. The van der Waals surface area contributed by atoms with Crippen LogP contribution in [-0.4, -0.2) is 36.1 Å². The highest BCUT2D eigenvalue weighted by atomic mass is 32.2. The molecular formula is C15H14N6O2S2. The molecular weight excluding hydrogens is 360 g/mol. The molecule has 4 aromatic heterocycles. The van der Waals surface area contributed by atoms with Gasteiger partial charge in [0.2, 0.25) is 16.9 Å². The smallest absolute Gasteiger partial charge is 0.227 e. The summed E-state index contributed by atoms with van der Waals surface area (Å²) >= 11 is 3.19. The van der Waals surface area contributed by atoms with Crippen LogP contribution in [0.25, 0.3) is 10.7 Å². The Hall–Kier alpha value is -2.46. The highest BCUT2D eigenvalue weighted by Crippen LogP contribution is 2.22. The van der Waals surface area contributed by atoms with Crippen molar-refractivity contribution in [3.05, 3.63) is 47.6 Å². The Morgan fingerprint density at radius 3 is 3.08 bits per heavy atom. The largest absolute Gasteiger partial charge is 0.467 e. The van der Waals surface area contributed by atoms with E-state index in [4.69, 9.17) is 8.94 Å². The number of rotatable bonds is 8. The monoisotopic (exact) mass is 374 g/mol. The van der Waals surface area contributed by atoms with Gasteiger partial charge in [-0.25, -0.2) is 4.68 Å². The van der Waals surface area contributed by atoms with Crippen molar-refractivity contribution < 1.29 is 8.94 Å². The van der Waals surface area contributed by atoms with Gasteiger partial charge in [-0.2, -0.15) is 4.98 Å². The van der Waals surface area contributed by atoms with Gasteiger partial charge in [-0.3, -0.25) is 0 Å². The summed E-state index contributed by atoms with van der Waals surface area (Å²) < 4.78 is 12.4. The number of thioether (sulfide) groups is 1. The molecule has 8 nitrogen and oxygen atoms in total. The van der Waals surface area contributed by atoms with Crippen LogP contribution >= 0.6 is 23.1 Å². The lowest BCUT2D eigenvalue weighted by Crippen LogP contribution is -2.03. The van der Waals surface area contributed by atoms with Crippen LogP contribution in [-0.2, 0) is 13.0 Å². The third kappa shape index (κ3) is 3.97. The third-order valence-corrected chi connectivity index (χ3v) is 5.27. The molecule has 4 heterocycles. The zero-order chi connectivity index (χ0) is 16.9. The van der Waals surface area contributed by atoms with E-state index in [0.29, 0.717) is 18.3 Å². The minimum Gasteiger partial charge on any atom is -0.467 e. The van der Waals surface area contributed by atoms with Crippen molar-refractivity contribution in [1.82, 2.24) is 30.3 Å². The molecule has 0 aliphatic rings. The molecule has 25 heavy (non-hydrogen) atoms. The summed E-state index contributed by atoms with van der Waals surface area (Å²) in [5.41, 5.74) is 0. The molecule has 10 heteroatoms. The molecule has 4 aromatic rings. The fraction of sp³-hybridized carbons (Fsp3) is 0.267. The molecule has 0 aliphatic heterocycles. The quantitative estimate of drug-likeness (QED) is 0.343. The van der Waals surface area contributed by atoms with E-state index in [9.17, 15) is 0 Å². The Balaban J connectivity index is 1.27. The zero-order valence-corrected chi connectivity index (χ0v) is 14.7. The second kappa shape index (κ2) is 7.62. The number of aryl methyl sites for hydroxylation is 1. The van der Waals surface area contributed by atoms with Crippen LogP contribution in [0.5, 0.6) is 0 Å². The Morgan fingerprint density at radius 2 is 2.24 bits per heavy atom. The zero-order valence-electron chi connectivity index (χ0n) is 13.1. The Kier molecular flexibility index (Phi) is 4.89. The van der Waals surface area contributed by atoms with E-state index in [1.807, 2.05) is 29.6 Å². The van der Waals surface area contributed by atoms with Crippen LogP contribution in [0.3, 0.4) is 0 Å². The first-order valence-corrected chi connectivity index (χ1v) is 9.53. The molecule has 0 spiro atoms. The van der Waals surface area contributed by atoms with Crippen LogP contribution in [0.2, 0.25) is 0 Å². The summed E-state index contributed by atoms with van der Waals surface area (Å²) in [6, 6.07) is 7.70. The third-order valence-electron chi connectivity index (χ3n) is 3.36. The van der Waals surface area contributed by atoms with Gasteiger partial charge in [0.05, 0.1) is 11.1 Å². The summed E-state index contributed by atoms with van der Waals surface area (Å²) in [5, 5.41) is 18.6. The van der Waals surface area contributed by atoms with E-state index < -0.39 is 0 Å². The van der Waals surface area contributed by atoms with E-state index in [1.165, 1.54) is 0 Å². The van der Waals surface area contributed by atoms with Gasteiger partial charge in [0, 0.05) is 12.2 Å². The average molecular weight is 374 g/mol. The second-order valence-corrected chi connectivity index (χ2v) is 7.15. The van der Waals surface area contributed by atoms with E-state index in [-0.39, 0.29) is 0 Å². The molecule has 0 atom stereocenters. The van der Waals surface area contributed by atoms with Gasteiger partial charge >= 0.3 is 0 Å². The highest BCUT2D eigenvalue weighted by molar-refractivity contribution is 7.99. The van der Waals surface area contributed by atoms with Crippen LogP contribution in [0.15, 0.2) is 50.0 Å². The van der Waals surface area contributed by atoms with Crippen molar-refractivity contribution >= 4 is 23.1 Å². The normalized spacial score (nSPS) is 11.2. The predicted molar refractivity (Wildman–Crippen MR) is 92.3 cm³/mol. The minimum atomic E-state index is 0.524. The Bertz CT molecular complexity index is 900. The molecule has 128 valence electrons. The number of tetrazole rings is 1. The molecule has 0 aliphatic carbocycles. The molecule has 4 rings (SSSR count). The molecule has 0 fully saturated rings. The predicted octanol–water partition coefficient (Wildman–Crippen LogP) is 3.15. The van der Waals surface area contributed by atoms with Crippen LogP contribution in [0.1, 0.15) is 18.1 Å². The molecule has 0 aromatic carbocycles. The Labute approximate surface area is 151 Å². The Morgan fingerprint density at radius 1 is 1.24 bits per heavy atom. The minimum absolute atomic E-state index is 0.524. The maximum absolute atomic E-state index is 5.33. The lowest BCUT2D eigenvalue weighted by atomic mass is 10.3. The van der Waals surface area contributed by atoms with E-state index >= 15 is 0 Å². The summed E-state index contributed by atoms with van der Waals surface area (Å²) in [7, 11) is 0. The maximum Gasteiger partial charge on any atom is 0.227 e. The van der Waals surface area contributed by atoms with Crippen LogP contribution in [0, 0.1) is 0 Å². The van der Waals surface area contributed by atoms with Gasteiger partial charge in [0.25, 0.3) is 0 Å². The number of aromatic nitrogens is 6. The SMILES string of the molecule is c1coc(Cn2nnnc2SCCCc2nc(-c3cccs3)no2)c1. The summed E-state index contributed by atoms with van der Waals surface area (Å²) in [5.74, 6) is 2.98. The van der Waals surface area contributed by atoms with Gasteiger partial charge in [-0.15, -0.1) is 16.4 Å².